The van der Waals surface area contributed by atoms with Crippen LogP contribution in [0.2, 0.25) is 0 Å². The van der Waals surface area contributed by atoms with Gasteiger partial charge in [-0.15, -0.1) is 0 Å². The van der Waals surface area contributed by atoms with Crippen LogP contribution in [-0.4, -0.2) is 5.43 Å². The summed E-state index contributed by atoms with van der Waals surface area (Å²) in [7, 11) is 0. The number of hydrogen-bond donors (Lipinski definition) is 0. The predicted octanol–water partition coefficient (Wildman–Crippen LogP) is 3.86. The molecule has 0 fully saturated rings. The predicted molar refractivity (Wildman–Crippen MR) is 57.1 cm³/mol. The second-order valence-corrected chi connectivity index (χ2v) is 3.82. The summed E-state index contributed by atoms with van der Waals surface area (Å²) in [5.74, 6) is 0.961. The van der Waals surface area contributed by atoms with Gasteiger partial charge in [-0.1, -0.05) is 19.9 Å². The van der Waals surface area contributed by atoms with Gasteiger partial charge in [-0.25, -0.2) is 4.79 Å². The molecule has 0 aromatic heterocycles. The van der Waals surface area contributed by atoms with E-state index < -0.39 is 5.43 Å². The maximum atomic E-state index is 10.5. The molecule has 1 rings (SSSR count). The molecule has 0 N–H and O–H groups in total. The highest BCUT2D eigenvalue weighted by molar-refractivity contribution is 6.61. The van der Waals surface area contributed by atoms with Crippen molar-refractivity contribution in [3.63, 3.8) is 0 Å². The molecule has 3 heteroatoms. The molecule has 2 nitrogen and oxygen atoms in total. The number of ether oxygens (including phenoxy) is 1. The van der Waals surface area contributed by atoms with E-state index in [1.54, 1.807) is 6.07 Å². The van der Waals surface area contributed by atoms with Crippen molar-refractivity contribution >= 4 is 17.0 Å². The Bertz CT molecular complexity index is 345. The van der Waals surface area contributed by atoms with Crippen molar-refractivity contribution in [2.75, 3.05) is 0 Å². The lowest BCUT2D eigenvalue weighted by Gasteiger charge is -2.10. The van der Waals surface area contributed by atoms with Gasteiger partial charge in [0.25, 0.3) is 0 Å². The zero-order valence-corrected chi connectivity index (χ0v) is 9.26. The highest BCUT2D eigenvalue weighted by atomic mass is 35.5. The first-order valence-corrected chi connectivity index (χ1v) is 4.86. The fourth-order valence-corrected chi connectivity index (χ4v) is 1.54. The largest absolute Gasteiger partial charge is 0.414 e. The van der Waals surface area contributed by atoms with Crippen LogP contribution in [0.5, 0.6) is 5.75 Å². The van der Waals surface area contributed by atoms with Crippen molar-refractivity contribution in [3.8, 4) is 5.75 Å². The summed E-state index contributed by atoms with van der Waals surface area (Å²) in [5, 5.41) is 0. The molecule has 0 spiro atoms. The Hall–Kier alpha value is -1.02. The molecule has 0 saturated heterocycles. The monoisotopic (exact) mass is 212 g/mol. The van der Waals surface area contributed by atoms with E-state index in [1.165, 1.54) is 5.56 Å². The first kappa shape index (κ1) is 11.1. The summed E-state index contributed by atoms with van der Waals surface area (Å²) in [4.78, 5) is 10.5. The van der Waals surface area contributed by atoms with E-state index in [0.717, 1.165) is 5.56 Å². The minimum Gasteiger partial charge on any atom is -0.414 e. The number of aryl methyl sites for hydroxylation is 1. The lowest BCUT2D eigenvalue weighted by Crippen LogP contribution is -1.98. The molecule has 0 aliphatic carbocycles. The van der Waals surface area contributed by atoms with Crippen molar-refractivity contribution in [1.29, 1.82) is 0 Å². The second-order valence-electron chi connectivity index (χ2n) is 3.51. The van der Waals surface area contributed by atoms with E-state index in [9.17, 15) is 4.79 Å². The molecule has 14 heavy (non-hydrogen) atoms. The van der Waals surface area contributed by atoms with Gasteiger partial charge in [0, 0.05) is 11.6 Å². The summed E-state index contributed by atoms with van der Waals surface area (Å²) in [6.45, 7) is 6.23. The van der Waals surface area contributed by atoms with Gasteiger partial charge < -0.3 is 4.74 Å². The number of rotatable bonds is 2. The van der Waals surface area contributed by atoms with Gasteiger partial charge >= 0.3 is 5.43 Å². The van der Waals surface area contributed by atoms with Crippen molar-refractivity contribution in [1.82, 2.24) is 0 Å². The molecule has 0 amide bonds. The second kappa shape index (κ2) is 4.47. The summed E-state index contributed by atoms with van der Waals surface area (Å²) < 4.78 is 4.76. The maximum Gasteiger partial charge on any atom is 0.409 e. The van der Waals surface area contributed by atoms with Gasteiger partial charge in [0.1, 0.15) is 5.75 Å². The Morgan fingerprint density at radius 2 is 2.07 bits per heavy atom. The number of halogens is 1. The normalized spacial score (nSPS) is 10.4. The van der Waals surface area contributed by atoms with Gasteiger partial charge in [-0.05, 0) is 36.1 Å². The molecular formula is C11H13ClO2. The van der Waals surface area contributed by atoms with E-state index >= 15 is 0 Å². The van der Waals surface area contributed by atoms with E-state index in [4.69, 9.17) is 16.3 Å². The van der Waals surface area contributed by atoms with Crippen LogP contribution in [-0.2, 0) is 0 Å². The number of hydrogen-bond acceptors (Lipinski definition) is 2. The van der Waals surface area contributed by atoms with Crippen molar-refractivity contribution in [2.24, 2.45) is 0 Å². The Morgan fingerprint density at radius 1 is 1.43 bits per heavy atom. The molecule has 76 valence electrons. The summed E-state index contributed by atoms with van der Waals surface area (Å²) in [5.41, 5.74) is 1.55. The van der Waals surface area contributed by atoms with Crippen LogP contribution in [0.4, 0.5) is 4.79 Å². The molecule has 0 heterocycles. The van der Waals surface area contributed by atoms with Crippen LogP contribution in [0.3, 0.4) is 0 Å². The van der Waals surface area contributed by atoms with Crippen LogP contribution in [0.15, 0.2) is 18.2 Å². The third-order valence-corrected chi connectivity index (χ3v) is 2.14. The third-order valence-electron chi connectivity index (χ3n) is 2.06. The number of benzene rings is 1. The van der Waals surface area contributed by atoms with Crippen LogP contribution in [0, 0.1) is 6.92 Å². The summed E-state index contributed by atoms with van der Waals surface area (Å²) >= 11 is 5.11. The molecule has 0 aliphatic rings. The van der Waals surface area contributed by atoms with Crippen LogP contribution < -0.4 is 4.74 Å². The van der Waals surface area contributed by atoms with Gasteiger partial charge in [-0.3, -0.25) is 0 Å². The van der Waals surface area contributed by atoms with Gasteiger partial charge in [-0.2, -0.15) is 0 Å². The van der Waals surface area contributed by atoms with Crippen molar-refractivity contribution in [2.45, 2.75) is 26.7 Å². The molecule has 0 saturated carbocycles. The minimum absolute atomic E-state index is 0.468. The van der Waals surface area contributed by atoms with Gasteiger partial charge in [0.05, 0.1) is 0 Å². The molecule has 0 unspecified atom stereocenters. The molecule has 1 aromatic rings. The quantitative estimate of drug-likeness (QED) is 0.696. The van der Waals surface area contributed by atoms with Gasteiger partial charge in [0.15, 0.2) is 0 Å². The molecule has 0 bridgehead atoms. The third kappa shape index (κ3) is 2.74. The molecule has 0 radical (unpaired) electrons. The van der Waals surface area contributed by atoms with Crippen molar-refractivity contribution in [3.05, 3.63) is 29.3 Å². The van der Waals surface area contributed by atoms with Gasteiger partial charge in [0.2, 0.25) is 0 Å². The first-order chi connectivity index (χ1) is 6.50. The average Bonchev–Trinajstić information content (AvgIpc) is 2.01. The Kier molecular flexibility index (Phi) is 3.53. The van der Waals surface area contributed by atoms with E-state index in [-0.39, 0.29) is 0 Å². The average molecular weight is 213 g/mol. The lowest BCUT2D eigenvalue weighted by molar-refractivity contribution is 0.225. The highest BCUT2D eigenvalue weighted by Crippen LogP contribution is 2.23. The Labute approximate surface area is 88.8 Å². The number of carbonyl (C=O) groups is 1. The van der Waals surface area contributed by atoms with E-state index in [0.29, 0.717) is 11.7 Å². The summed E-state index contributed by atoms with van der Waals surface area (Å²) in [6.07, 6.45) is 0. The first-order valence-electron chi connectivity index (χ1n) is 4.48. The number of carbonyl (C=O) groups excluding carboxylic acids is 1. The topological polar surface area (TPSA) is 26.3 Å². The van der Waals surface area contributed by atoms with E-state index in [1.807, 2.05) is 19.1 Å². The minimum atomic E-state index is -0.804. The SMILES string of the molecule is Cc1cc(OC(=O)Cl)ccc1C(C)C. The van der Waals surface area contributed by atoms with Crippen molar-refractivity contribution < 1.29 is 9.53 Å². The Balaban J connectivity index is 2.94. The van der Waals surface area contributed by atoms with E-state index in [2.05, 4.69) is 13.8 Å². The van der Waals surface area contributed by atoms with Crippen LogP contribution in [0.1, 0.15) is 30.9 Å². The lowest BCUT2D eigenvalue weighted by atomic mass is 9.98. The van der Waals surface area contributed by atoms with Crippen LogP contribution in [0.25, 0.3) is 0 Å². The fourth-order valence-electron chi connectivity index (χ4n) is 1.45. The molecule has 0 atom stereocenters. The Morgan fingerprint density at radius 3 is 2.50 bits per heavy atom. The molecular weight excluding hydrogens is 200 g/mol. The smallest absolute Gasteiger partial charge is 0.409 e. The maximum absolute atomic E-state index is 10.5. The summed E-state index contributed by atoms with van der Waals surface area (Å²) in [6, 6.07) is 5.52. The fraction of sp³-hybridized carbons (Fsp3) is 0.364. The van der Waals surface area contributed by atoms with Crippen LogP contribution >= 0.6 is 11.6 Å². The molecule has 1 aromatic carbocycles. The molecule has 0 aliphatic heterocycles. The zero-order chi connectivity index (χ0) is 10.7. The standard InChI is InChI=1S/C11H13ClO2/c1-7(2)10-5-4-9(6-8(10)3)14-11(12)13/h4-7H,1-3H3. The highest BCUT2D eigenvalue weighted by Gasteiger charge is 2.06. The zero-order valence-electron chi connectivity index (χ0n) is 8.50.